The third-order valence-electron chi connectivity index (χ3n) is 2.60. The first-order valence-electron chi connectivity index (χ1n) is 5.74. The lowest BCUT2D eigenvalue weighted by atomic mass is 10.1. The van der Waals surface area contributed by atoms with Gasteiger partial charge in [-0.15, -0.1) is 11.3 Å². The van der Waals surface area contributed by atoms with Crippen molar-refractivity contribution in [3.05, 3.63) is 50.1 Å². The van der Waals surface area contributed by atoms with Crippen LogP contribution in [0.5, 0.6) is 0 Å². The molecule has 7 heteroatoms. The Morgan fingerprint density at radius 3 is 2.75 bits per heavy atom. The van der Waals surface area contributed by atoms with Crippen LogP contribution >= 0.6 is 27.3 Å². The van der Waals surface area contributed by atoms with Crippen molar-refractivity contribution >= 4 is 38.9 Å². The van der Waals surface area contributed by atoms with Crippen LogP contribution in [0.25, 0.3) is 0 Å². The maximum Gasteiger partial charge on any atom is 0.254 e. The minimum absolute atomic E-state index is 0.335. The van der Waals surface area contributed by atoms with E-state index in [1.54, 1.807) is 11.3 Å². The molecule has 0 aliphatic heterocycles. The lowest BCUT2D eigenvalue weighted by molar-refractivity contribution is 0.0950. The molecule has 1 aromatic carbocycles. The lowest BCUT2D eigenvalue weighted by Crippen LogP contribution is -2.26. The number of carbonyl (C=O) groups excluding carboxylic acids is 1. The van der Waals surface area contributed by atoms with Gasteiger partial charge in [-0.2, -0.15) is 0 Å². The molecule has 0 aliphatic rings. The van der Waals surface area contributed by atoms with E-state index in [2.05, 4.69) is 21.2 Å². The molecule has 106 valence electrons. The third-order valence-corrected chi connectivity index (χ3v) is 4.28. The van der Waals surface area contributed by atoms with Gasteiger partial charge < -0.3 is 11.1 Å². The first kappa shape index (κ1) is 14.9. The predicted octanol–water partition coefficient (Wildman–Crippen LogP) is 3.34. The molecular formula is C13H11BrF2N2OS. The van der Waals surface area contributed by atoms with E-state index in [0.29, 0.717) is 13.0 Å². The van der Waals surface area contributed by atoms with Crippen LogP contribution in [-0.2, 0) is 6.42 Å². The zero-order valence-electron chi connectivity index (χ0n) is 10.3. The average molecular weight is 361 g/mol. The summed E-state index contributed by atoms with van der Waals surface area (Å²) < 4.78 is 27.8. The second kappa shape index (κ2) is 6.32. The van der Waals surface area contributed by atoms with E-state index in [-0.39, 0.29) is 11.3 Å². The molecule has 3 N–H and O–H groups in total. The highest BCUT2D eigenvalue weighted by molar-refractivity contribution is 9.11. The van der Waals surface area contributed by atoms with Crippen LogP contribution in [0.3, 0.4) is 0 Å². The van der Waals surface area contributed by atoms with Gasteiger partial charge in [0.2, 0.25) is 0 Å². The second-order valence-electron chi connectivity index (χ2n) is 4.07. The smallest absolute Gasteiger partial charge is 0.254 e. The molecule has 1 heterocycles. The highest BCUT2D eigenvalue weighted by atomic mass is 79.9. The highest BCUT2D eigenvalue weighted by Crippen LogP contribution is 2.22. The number of amides is 1. The molecule has 0 saturated heterocycles. The molecule has 2 aromatic rings. The van der Waals surface area contributed by atoms with Crippen LogP contribution in [0.2, 0.25) is 0 Å². The van der Waals surface area contributed by atoms with Crippen molar-refractivity contribution in [2.45, 2.75) is 6.42 Å². The van der Waals surface area contributed by atoms with Crippen LogP contribution in [0, 0.1) is 11.6 Å². The summed E-state index contributed by atoms with van der Waals surface area (Å²) in [4.78, 5) is 12.9. The Kier molecular flexibility index (Phi) is 4.72. The second-order valence-corrected chi connectivity index (χ2v) is 6.62. The molecule has 0 atom stereocenters. The summed E-state index contributed by atoms with van der Waals surface area (Å²) in [5, 5.41) is 2.54. The van der Waals surface area contributed by atoms with Gasteiger partial charge in [0.15, 0.2) is 5.82 Å². The summed E-state index contributed by atoms with van der Waals surface area (Å²) in [6.45, 7) is 0.335. The molecule has 3 nitrogen and oxygen atoms in total. The number of nitrogens with one attached hydrogen (secondary N) is 1. The summed E-state index contributed by atoms with van der Waals surface area (Å²) >= 11 is 4.90. The summed E-state index contributed by atoms with van der Waals surface area (Å²) in [5.74, 6) is -2.32. The van der Waals surface area contributed by atoms with Crippen LogP contribution in [0.1, 0.15) is 15.2 Å². The molecule has 0 saturated carbocycles. The van der Waals surface area contributed by atoms with E-state index in [1.807, 2.05) is 12.1 Å². The fraction of sp³-hybridized carbons (Fsp3) is 0.154. The Morgan fingerprint density at radius 1 is 1.35 bits per heavy atom. The van der Waals surface area contributed by atoms with Crippen LogP contribution in [-0.4, -0.2) is 12.5 Å². The summed E-state index contributed by atoms with van der Waals surface area (Å²) in [6.07, 6.45) is 0.619. The van der Waals surface area contributed by atoms with E-state index in [4.69, 9.17) is 5.73 Å². The molecule has 0 aliphatic carbocycles. The van der Waals surface area contributed by atoms with Crippen molar-refractivity contribution < 1.29 is 13.6 Å². The highest BCUT2D eigenvalue weighted by Gasteiger charge is 2.15. The van der Waals surface area contributed by atoms with Gasteiger partial charge in [-0.25, -0.2) is 8.78 Å². The van der Waals surface area contributed by atoms with Crippen molar-refractivity contribution in [1.29, 1.82) is 0 Å². The van der Waals surface area contributed by atoms with Gasteiger partial charge >= 0.3 is 0 Å². The van der Waals surface area contributed by atoms with E-state index < -0.39 is 17.5 Å². The number of nitrogens with two attached hydrogens (primary N) is 1. The van der Waals surface area contributed by atoms with Gasteiger partial charge in [-0.1, -0.05) is 0 Å². The number of nitrogen functional groups attached to an aromatic ring is 1. The van der Waals surface area contributed by atoms with Crippen molar-refractivity contribution in [1.82, 2.24) is 5.32 Å². The minimum atomic E-state index is -0.900. The van der Waals surface area contributed by atoms with Gasteiger partial charge in [-0.05, 0) is 46.6 Å². The summed E-state index contributed by atoms with van der Waals surface area (Å²) in [6, 6.07) is 5.52. The lowest BCUT2D eigenvalue weighted by Gasteiger charge is -2.07. The van der Waals surface area contributed by atoms with E-state index in [1.165, 1.54) is 0 Å². The van der Waals surface area contributed by atoms with Gasteiger partial charge in [0.1, 0.15) is 5.82 Å². The maximum absolute atomic E-state index is 13.6. The van der Waals surface area contributed by atoms with Gasteiger partial charge in [0.05, 0.1) is 15.0 Å². The Balaban J connectivity index is 1.98. The van der Waals surface area contributed by atoms with Gasteiger partial charge in [0.25, 0.3) is 5.91 Å². The van der Waals surface area contributed by atoms with Crippen molar-refractivity contribution in [2.75, 3.05) is 12.3 Å². The molecule has 0 radical (unpaired) electrons. The SMILES string of the molecule is Nc1cc(F)cc(C(=O)NCCc2ccc(Br)s2)c1F. The Hall–Kier alpha value is -1.47. The fourth-order valence-electron chi connectivity index (χ4n) is 1.66. The number of hydrogen-bond acceptors (Lipinski definition) is 3. The monoisotopic (exact) mass is 360 g/mol. The topological polar surface area (TPSA) is 55.1 Å². The van der Waals surface area contributed by atoms with E-state index in [0.717, 1.165) is 20.8 Å². The minimum Gasteiger partial charge on any atom is -0.396 e. The zero-order chi connectivity index (χ0) is 14.7. The summed E-state index contributed by atoms with van der Waals surface area (Å²) in [7, 11) is 0. The van der Waals surface area contributed by atoms with Crippen LogP contribution in [0.4, 0.5) is 14.5 Å². The van der Waals surface area contributed by atoms with E-state index >= 15 is 0 Å². The Labute approximate surface area is 126 Å². The maximum atomic E-state index is 13.6. The van der Waals surface area contributed by atoms with Gasteiger partial charge in [-0.3, -0.25) is 4.79 Å². The van der Waals surface area contributed by atoms with Crippen LogP contribution in [0.15, 0.2) is 28.1 Å². The normalized spacial score (nSPS) is 10.6. The number of anilines is 1. The first-order valence-corrected chi connectivity index (χ1v) is 7.35. The molecule has 1 amide bonds. The van der Waals surface area contributed by atoms with Crippen molar-refractivity contribution in [3.63, 3.8) is 0 Å². The van der Waals surface area contributed by atoms with Crippen LogP contribution < -0.4 is 11.1 Å². The molecule has 20 heavy (non-hydrogen) atoms. The molecule has 1 aromatic heterocycles. The van der Waals surface area contributed by atoms with Crippen molar-refractivity contribution in [3.8, 4) is 0 Å². The number of rotatable bonds is 4. The van der Waals surface area contributed by atoms with Crippen molar-refractivity contribution in [2.24, 2.45) is 0 Å². The quantitative estimate of drug-likeness (QED) is 0.821. The number of thiophene rings is 1. The molecular weight excluding hydrogens is 350 g/mol. The Morgan fingerprint density at radius 2 is 2.10 bits per heavy atom. The molecule has 0 spiro atoms. The molecule has 0 bridgehead atoms. The number of halogens is 3. The van der Waals surface area contributed by atoms with E-state index in [9.17, 15) is 13.6 Å². The molecule has 0 fully saturated rings. The predicted molar refractivity (Wildman–Crippen MR) is 78.8 cm³/mol. The summed E-state index contributed by atoms with van der Waals surface area (Å²) in [5.41, 5.74) is 4.53. The number of benzene rings is 1. The number of hydrogen-bond donors (Lipinski definition) is 2. The zero-order valence-corrected chi connectivity index (χ0v) is 12.7. The fourth-order valence-corrected chi connectivity index (χ4v) is 3.14. The third kappa shape index (κ3) is 3.55. The standard InChI is InChI=1S/C13H11BrF2N2OS/c14-11-2-1-8(20-11)3-4-18-13(19)9-5-7(15)6-10(17)12(9)16/h1-2,5-6H,3-4,17H2,(H,18,19). The molecule has 2 rings (SSSR count). The Bertz CT molecular complexity index is 645. The van der Waals surface area contributed by atoms with Gasteiger partial charge in [0, 0.05) is 11.4 Å². The largest absolute Gasteiger partial charge is 0.396 e. The average Bonchev–Trinajstić information content (AvgIpc) is 2.79. The molecule has 0 unspecified atom stereocenters. The first-order chi connectivity index (χ1) is 9.47. The number of carbonyl (C=O) groups is 1.